The molecule has 2 N–H and O–H groups in total. The van der Waals surface area contributed by atoms with E-state index < -0.39 is 15.7 Å². The Labute approximate surface area is 220 Å². The summed E-state index contributed by atoms with van der Waals surface area (Å²) in [5.74, 6) is 0.0460. The van der Waals surface area contributed by atoms with Crippen LogP contribution in [0.2, 0.25) is 0 Å². The Hall–Kier alpha value is -3.43. The highest BCUT2D eigenvalue weighted by molar-refractivity contribution is 7.89. The van der Waals surface area contributed by atoms with Crippen LogP contribution in [-0.4, -0.2) is 42.5 Å². The number of amides is 1. The molecule has 2 heterocycles. The van der Waals surface area contributed by atoms with Crippen LogP contribution in [0.3, 0.4) is 0 Å². The molecular weight excluding hydrogens is 503 g/mol. The number of benzene rings is 2. The van der Waals surface area contributed by atoms with E-state index in [-0.39, 0.29) is 23.4 Å². The third kappa shape index (κ3) is 4.76. The van der Waals surface area contributed by atoms with Gasteiger partial charge in [-0.2, -0.15) is 0 Å². The molecule has 0 aliphatic heterocycles. The molecule has 1 fully saturated rings. The molecular formula is C29H29FN4O3S. The Morgan fingerprint density at radius 2 is 1.84 bits per heavy atom. The largest absolute Gasteiger partial charge is 0.347 e. The number of alkyl halides is 1. The van der Waals surface area contributed by atoms with Gasteiger partial charge in [0.25, 0.3) is 5.91 Å². The van der Waals surface area contributed by atoms with Crippen molar-refractivity contribution in [3.63, 3.8) is 0 Å². The van der Waals surface area contributed by atoms with Gasteiger partial charge in [-0.1, -0.05) is 24.3 Å². The molecule has 9 heteroatoms. The Morgan fingerprint density at radius 3 is 2.61 bits per heavy atom. The van der Waals surface area contributed by atoms with Crippen molar-refractivity contribution in [3.8, 4) is 0 Å². The predicted octanol–water partition coefficient (Wildman–Crippen LogP) is 4.58. The zero-order chi connectivity index (χ0) is 26.7. The average molecular weight is 533 g/mol. The van der Waals surface area contributed by atoms with E-state index in [0.29, 0.717) is 35.4 Å². The zero-order valence-electron chi connectivity index (χ0n) is 21.3. The first-order valence-electron chi connectivity index (χ1n) is 12.9. The fourth-order valence-electron chi connectivity index (χ4n) is 5.27. The van der Waals surface area contributed by atoms with Crippen LogP contribution in [-0.2, 0) is 22.9 Å². The van der Waals surface area contributed by atoms with Crippen LogP contribution in [0, 0.1) is 0 Å². The number of fused-ring (bicyclic) bond motifs is 3. The molecule has 2 aliphatic rings. The Kier molecular flexibility index (Phi) is 5.96. The molecule has 4 aromatic rings. The number of hydrogen-bond donors (Lipinski definition) is 2. The van der Waals surface area contributed by atoms with Crippen molar-refractivity contribution in [2.24, 2.45) is 0 Å². The van der Waals surface area contributed by atoms with Crippen LogP contribution in [0.25, 0.3) is 21.5 Å². The number of hydrogen-bond acceptors (Lipinski definition) is 5. The van der Waals surface area contributed by atoms with Gasteiger partial charge in [-0.15, -0.1) is 0 Å². The number of nitrogens with zero attached hydrogens (tertiary/aromatic N) is 2. The highest BCUT2D eigenvalue weighted by atomic mass is 32.2. The number of carbonyl (C=O) groups is 1. The Bertz CT molecular complexity index is 1690. The van der Waals surface area contributed by atoms with Gasteiger partial charge in [0.05, 0.1) is 4.90 Å². The monoisotopic (exact) mass is 532 g/mol. The van der Waals surface area contributed by atoms with Gasteiger partial charge in [0.1, 0.15) is 11.4 Å². The number of halogens is 1. The normalized spacial score (nSPS) is 17.6. The maximum atomic E-state index is 14.3. The fraction of sp³-hybridized carbons (Fsp3) is 0.345. The molecule has 38 heavy (non-hydrogen) atoms. The van der Waals surface area contributed by atoms with Crippen LogP contribution in [0.5, 0.6) is 0 Å². The quantitative estimate of drug-likeness (QED) is 0.363. The van der Waals surface area contributed by atoms with E-state index in [1.165, 1.54) is 13.8 Å². The van der Waals surface area contributed by atoms with Gasteiger partial charge in [0.2, 0.25) is 10.0 Å². The summed E-state index contributed by atoms with van der Waals surface area (Å²) < 4.78 is 44.1. The van der Waals surface area contributed by atoms with Crippen molar-refractivity contribution in [2.45, 2.75) is 62.1 Å². The molecule has 2 aliphatic carbocycles. The summed E-state index contributed by atoms with van der Waals surface area (Å²) in [6.45, 7) is 2.34. The van der Waals surface area contributed by atoms with Gasteiger partial charge in [0, 0.05) is 52.8 Å². The second kappa shape index (κ2) is 9.10. The van der Waals surface area contributed by atoms with E-state index in [0.717, 1.165) is 40.3 Å². The summed E-state index contributed by atoms with van der Waals surface area (Å²) in [7, 11) is -4.04. The lowest BCUT2D eigenvalue weighted by atomic mass is 10.0. The number of carbonyl (C=O) groups excluding carboxylic acids is 1. The third-order valence-electron chi connectivity index (χ3n) is 7.28. The van der Waals surface area contributed by atoms with Crippen LogP contribution in [0.15, 0.2) is 59.8 Å². The predicted molar refractivity (Wildman–Crippen MR) is 144 cm³/mol. The summed E-state index contributed by atoms with van der Waals surface area (Å²) in [4.78, 5) is 22.3. The second-order valence-electron chi connectivity index (χ2n) is 11.0. The van der Waals surface area contributed by atoms with E-state index in [1.54, 1.807) is 12.4 Å². The molecule has 0 unspecified atom stereocenters. The van der Waals surface area contributed by atoms with Crippen molar-refractivity contribution in [3.05, 3.63) is 77.4 Å². The molecule has 2 aromatic heterocycles. The first-order valence-corrected chi connectivity index (χ1v) is 14.3. The first kappa shape index (κ1) is 24.9. The standard InChI is InChI=1S/C29H29FN4O3S/c1-29(2,30)16-33-38(36,37)27-23-13-21(34-28(35)26-22-6-4-3-5-17(22)9-10-31-26)12-19(23)11-20-15-32-25(14-24(20)27)18-7-8-18/h3-6,9-11,14-15,18,21,33H,7-8,12-13,16H2,1-2H3,(H,34,35)/t21-/m1/s1. The SMILES string of the molecule is CC(C)(F)CNS(=O)(=O)c1c2c(cc3cnc(C4CC4)cc13)C[C@@H](NC(=O)c1nccc3ccccc13)C2. The molecule has 1 amide bonds. The molecule has 7 nitrogen and oxygen atoms in total. The summed E-state index contributed by atoms with van der Waals surface area (Å²) in [5.41, 5.74) is 1.01. The minimum atomic E-state index is -4.04. The number of nitrogens with one attached hydrogen (secondary N) is 2. The van der Waals surface area contributed by atoms with Gasteiger partial charge in [-0.25, -0.2) is 17.5 Å². The molecule has 2 aromatic carbocycles. The molecule has 1 saturated carbocycles. The molecule has 0 spiro atoms. The van der Waals surface area contributed by atoms with E-state index in [4.69, 9.17) is 0 Å². The Balaban J connectivity index is 1.37. The summed E-state index contributed by atoms with van der Waals surface area (Å²) >= 11 is 0. The fourth-order valence-corrected chi connectivity index (χ4v) is 6.95. The van der Waals surface area contributed by atoms with Crippen LogP contribution < -0.4 is 10.0 Å². The highest BCUT2D eigenvalue weighted by Crippen LogP contribution is 2.42. The third-order valence-corrected chi connectivity index (χ3v) is 8.81. The van der Waals surface area contributed by atoms with Crippen molar-refractivity contribution in [1.82, 2.24) is 20.0 Å². The molecule has 0 bridgehead atoms. The topological polar surface area (TPSA) is 101 Å². The number of pyridine rings is 2. The van der Waals surface area contributed by atoms with Crippen molar-refractivity contribution in [2.75, 3.05) is 6.54 Å². The molecule has 1 atom stereocenters. The van der Waals surface area contributed by atoms with Crippen LogP contribution >= 0.6 is 0 Å². The van der Waals surface area contributed by atoms with Crippen LogP contribution in [0.4, 0.5) is 4.39 Å². The van der Waals surface area contributed by atoms with Crippen molar-refractivity contribution < 1.29 is 17.6 Å². The molecule has 0 saturated heterocycles. The van der Waals surface area contributed by atoms with Crippen molar-refractivity contribution in [1.29, 1.82) is 0 Å². The van der Waals surface area contributed by atoms with E-state index in [9.17, 15) is 17.6 Å². The maximum Gasteiger partial charge on any atom is 0.270 e. The smallest absolute Gasteiger partial charge is 0.270 e. The lowest BCUT2D eigenvalue weighted by Crippen LogP contribution is -2.37. The van der Waals surface area contributed by atoms with E-state index >= 15 is 0 Å². The minimum absolute atomic E-state index is 0.165. The van der Waals surface area contributed by atoms with Gasteiger partial charge >= 0.3 is 0 Å². The van der Waals surface area contributed by atoms with Crippen LogP contribution in [0.1, 0.15) is 59.9 Å². The molecule has 0 radical (unpaired) electrons. The first-order chi connectivity index (χ1) is 18.1. The molecule has 6 rings (SSSR count). The highest BCUT2D eigenvalue weighted by Gasteiger charge is 2.34. The average Bonchev–Trinajstić information content (AvgIpc) is 3.65. The summed E-state index contributed by atoms with van der Waals surface area (Å²) in [6, 6.07) is 12.9. The summed E-state index contributed by atoms with van der Waals surface area (Å²) in [5, 5.41) is 6.06. The maximum absolute atomic E-state index is 14.3. The lowest BCUT2D eigenvalue weighted by Gasteiger charge is -2.18. The van der Waals surface area contributed by atoms with E-state index in [1.807, 2.05) is 42.5 Å². The van der Waals surface area contributed by atoms with Gasteiger partial charge < -0.3 is 5.32 Å². The van der Waals surface area contributed by atoms with Gasteiger partial charge in [0.15, 0.2) is 0 Å². The van der Waals surface area contributed by atoms with Crippen molar-refractivity contribution >= 4 is 37.5 Å². The minimum Gasteiger partial charge on any atom is -0.347 e. The van der Waals surface area contributed by atoms with E-state index in [2.05, 4.69) is 20.0 Å². The number of aromatic nitrogens is 2. The Morgan fingerprint density at radius 1 is 1.05 bits per heavy atom. The summed E-state index contributed by atoms with van der Waals surface area (Å²) in [6.07, 6.45) is 6.24. The second-order valence-corrected chi connectivity index (χ2v) is 12.7. The number of sulfonamides is 1. The van der Waals surface area contributed by atoms with Gasteiger partial charge in [-0.05, 0) is 74.2 Å². The number of rotatable bonds is 7. The van der Waals surface area contributed by atoms with Gasteiger partial charge in [-0.3, -0.25) is 14.8 Å². The zero-order valence-corrected chi connectivity index (χ0v) is 22.1. The lowest BCUT2D eigenvalue weighted by molar-refractivity contribution is 0.0935. The molecule has 196 valence electrons.